The molecule has 0 amide bonds. The smallest absolute Gasteiger partial charge is 0.323 e. The second-order valence-electron chi connectivity index (χ2n) is 3.47. The summed E-state index contributed by atoms with van der Waals surface area (Å²) in [5.74, 6) is -0.175. The van der Waals surface area contributed by atoms with E-state index in [0.29, 0.717) is 10.2 Å². The van der Waals surface area contributed by atoms with Crippen LogP contribution in [0.25, 0.3) is 0 Å². The summed E-state index contributed by atoms with van der Waals surface area (Å²) in [4.78, 5) is 7.90. The number of halogens is 2. The van der Waals surface area contributed by atoms with Gasteiger partial charge in [0.05, 0.1) is 4.47 Å². The van der Waals surface area contributed by atoms with Crippen LogP contribution in [0.3, 0.4) is 0 Å². The third-order valence-corrected chi connectivity index (χ3v) is 2.70. The summed E-state index contributed by atoms with van der Waals surface area (Å²) in [7, 11) is 0. The molecule has 0 saturated carbocycles. The van der Waals surface area contributed by atoms with Crippen molar-refractivity contribution in [3.63, 3.8) is 0 Å². The lowest BCUT2D eigenvalue weighted by atomic mass is 10.3. The Kier molecular flexibility index (Phi) is 3.53. The van der Waals surface area contributed by atoms with Crippen LogP contribution in [0, 0.1) is 24.1 Å². The predicted octanol–water partition coefficient (Wildman–Crippen LogP) is 3.35. The van der Waals surface area contributed by atoms with E-state index in [2.05, 4.69) is 25.9 Å². The zero-order chi connectivity index (χ0) is 13.1. The maximum absolute atomic E-state index is 13.1. The molecule has 1 aromatic heterocycles. The highest BCUT2D eigenvalue weighted by Crippen LogP contribution is 2.28. The molecule has 1 heterocycles. The average Bonchev–Trinajstić information content (AvgIpc) is 2.33. The van der Waals surface area contributed by atoms with Crippen LogP contribution in [0.5, 0.6) is 11.8 Å². The van der Waals surface area contributed by atoms with Crippen molar-refractivity contribution in [1.29, 1.82) is 5.26 Å². The largest absolute Gasteiger partial charge is 0.423 e. The van der Waals surface area contributed by atoms with Gasteiger partial charge in [-0.1, -0.05) is 0 Å². The number of nitrogens with zero attached hydrogens (tertiary/aromatic N) is 3. The van der Waals surface area contributed by atoms with Crippen LogP contribution in [-0.4, -0.2) is 9.97 Å². The Morgan fingerprint density at radius 3 is 2.83 bits per heavy atom. The summed E-state index contributed by atoms with van der Waals surface area (Å²) < 4.78 is 19.0. The van der Waals surface area contributed by atoms with Gasteiger partial charge >= 0.3 is 6.01 Å². The van der Waals surface area contributed by atoms with Crippen LogP contribution in [0.2, 0.25) is 0 Å². The highest BCUT2D eigenvalue weighted by atomic mass is 79.9. The predicted molar refractivity (Wildman–Crippen MR) is 65.7 cm³/mol. The van der Waals surface area contributed by atoms with Crippen LogP contribution in [0.1, 0.15) is 11.4 Å². The molecule has 6 heteroatoms. The highest BCUT2D eigenvalue weighted by molar-refractivity contribution is 9.10. The Labute approximate surface area is 111 Å². The van der Waals surface area contributed by atoms with Gasteiger partial charge in [0.25, 0.3) is 0 Å². The molecule has 0 bridgehead atoms. The molecule has 0 aliphatic rings. The molecule has 4 nitrogen and oxygen atoms in total. The van der Waals surface area contributed by atoms with E-state index in [1.807, 2.05) is 6.07 Å². The van der Waals surface area contributed by atoms with Gasteiger partial charge in [-0.25, -0.2) is 9.37 Å². The minimum absolute atomic E-state index is 0.0119. The summed E-state index contributed by atoms with van der Waals surface area (Å²) in [6.07, 6.45) is 0. The first-order valence-corrected chi connectivity index (χ1v) is 5.76. The number of hydrogen-bond donors (Lipinski definition) is 0. The lowest BCUT2D eigenvalue weighted by molar-refractivity contribution is 0.433. The molecule has 0 N–H and O–H groups in total. The summed E-state index contributed by atoms with van der Waals surface area (Å²) in [6, 6.07) is 7.48. The van der Waals surface area contributed by atoms with Crippen LogP contribution >= 0.6 is 15.9 Å². The third-order valence-electron chi connectivity index (χ3n) is 2.04. The first kappa shape index (κ1) is 12.5. The van der Waals surface area contributed by atoms with Crippen molar-refractivity contribution in [1.82, 2.24) is 9.97 Å². The van der Waals surface area contributed by atoms with Gasteiger partial charge in [-0.2, -0.15) is 10.2 Å². The van der Waals surface area contributed by atoms with E-state index >= 15 is 0 Å². The molecule has 0 spiro atoms. The lowest BCUT2D eigenvalue weighted by Crippen LogP contribution is -1.97. The number of ether oxygens (including phenoxy) is 1. The fourth-order valence-corrected chi connectivity index (χ4v) is 1.63. The van der Waals surface area contributed by atoms with Gasteiger partial charge in [0.15, 0.2) is 0 Å². The van der Waals surface area contributed by atoms with Gasteiger partial charge in [-0.15, -0.1) is 0 Å². The van der Waals surface area contributed by atoms with Crippen LogP contribution in [0.15, 0.2) is 28.7 Å². The highest BCUT2D eigenvalue weighted by Gasteiger charge is 2.08. The van der Waals surface area contributed by atoms with Crippen molar-refractivity contribution in [2.45, 2.75) is 6.92 Å². The van der Waals surface area contributed by atoms with Gasteiger partial charge in [-0.05, 0) is 41.1 Å². The molecule has 90 valence electrons. The van der Waals surface area contributed by atoms with E-state index in [4.69, 9.17) is 10.00 Å². The van der Waals surface area contributed by atoms with Crippen LogP contribution in [-0.2, 0) is 0 Å². The fraction of sp³-hybridized carbons (Fsp3) is 0.0833. The minimum atomic E-state index is -0.429. The van der Waals surface area contributed by atoms with Crippen molar-refractivity contribution >= 4 is 15.9 Å². The minimum Gasteiger partial charge on any atom is -0.423 e. The van der Waals surface area contributed by atoms with Crippen molar-refractivity contribution in [3.8, 4) is 17.8 Å². The SMILES string of the molecule is Cc1cc(C#N)nc(Oc2cc(F)ccc2Br)n1. The zero-order valence-corrected chi connectivity index (χ0v) is 10.9. The summed E-state index contributed by atoms with van der Waals surface area (Å²) in [5, 5.41) is 8.79. The first-order valence-electron chi connectivity index (χ1n) is 4.97. The number of nitriles is 1. The maximum Gasteiger partial charge on any atom is 0.323 e. The van der Waals surface area contributed by atoms with E-state index < -0.39 is 5.82 Å². The number of benzene rings is 1. The maximum atomic E-state index is 13.1. The topological polar surface area (TPSA) is 58.8 Å². The second-order valence-corrected chi connectivity index (χ2v) is 4.32. The molecule has 2 aromatic rings. The molecule has 0 saturated heterocycles. The molecular formula is C12H7BrFN3O. The Morgan fingerprint density at radius 2 is 2.11 bits per heavy atom. The van der Waals surface area contributed by atoms with E-state index in [-0.39, 0.29) is 17.5 Å². The molecule has 0 radical (unpaired) electrons. The molecule has 2 rings (SSSR count). The first-order chi connectivity index (χ1) is 8.58. The zero-order valence-electron chi connectivity index (χ0n) is 9.32. The van der Waals surface area contributed by atoms with Gasteiger partial charge in [-0.3, -0.25) is 0 Å². The lowest BCUT2D eigenvalue weighted by Gasteiger charge is -2.06. The van der Waals surface area contributed by atoms with Crippen molar-refractivity contribution in [3.05, 3.63) is 45.9 Å². The van der Waals surface area contributed by atoms with Crippen LogP contribution in [0.4, 0.5) is 4.39 Å². The monoisotopic (exact) mass is 307 g/mol. The Balaban J connectivity index is 2.37. The Hall–Kier alpha value is -2.00. The Bertz CT molecular complexity index is 640. The number of aromatic nitrogens is 2. The summed E-state index contributed by atoms with van der Waals surface area (Å²) in [5.41, 5.74) is 0.800. The summed E-state index contributed by atoms with van der Waals surface area (Å²) in [6.45, 7) is 1.72. The van der Waals surface area contributed by atoms with E-state index in [1.165, 1.54) is 24.3 Å². The van der Waals surface area contributed by atoms with Crippen molar-refractivity contribution in [2.24, 2.45) is 0 Å². The third kappa shape index (κ3) is 2.81. The molecule has 0 unspecified atom stereocenters. The van der Waals surface area contributed by atoms with Crippen molar-refractivity contribution in [2.75, 3.05) is 0 Å². The number of rotatable bonds is 2. The molecule has 0 fully saturated rings. The quantitative estimate of drug-likeness (QED) is 0.853. The molecule has 0 aliphatic heterocycles. The van der Waals surface area contributed by atoms with Crippen LogP contribution < -0.4 is 4.74 Å². The van der Waals surface area contributed by atoms with Gasteiger partial charge in [0, 0.05) is 11.8 Å². The Morgan fingerprint density at radius 1 is 1.33 bits per heavy atom. The standard InChI is InChI=1S/C12H7BrFN3O/c1-7-4-9(6-15)17-12(16-7)18-11-5-8(14)2-3-10(11)13/h2-5H,1H3. The molecule has 1 aromatic carbocycles. The number of hydrogen-bond acceptors (Lipinski definition) is 4. The van der Waals surface area contributed by atoms with E-state index in [1.54, 1.807) is 6.92 Å². The van der Waals surface area contributed by atoms with E-state index in [9.17, 15) is 4.39 Å². The fourth-order valence-electron chi connectivity index (χ4n) is 1.30. The van der Waals surface area contributed by atoms with Gasteiger partial charge in [0.1, 0.15) is 23.3 Å². The van der Waals surface area contributed by atoms with Crippen molar-refractivity contribution < 1.29 is 9.13 Å². The average molecular weight is 308 g/mol. The molecule has 0 aliphatic carbocycles. The number of aryl methyl sites for hydroxylation is 1. The van der Waals surface area contributed by atoms with Gasteiger partial charge < -0.3 is 4.74 Å². The van der Waals surface area contributed by atoms with E-state index in [0.717, 1.165) is 0 Å². The molecule has 0 atom stereocenters. The van der Waals surface area contributed by atoms with Gasteiger partial charge in [0.2, 0.25) is 0 Å². The normalized spacial score (nSPS) is 9.89. The second kappa shape index (κ2) is 5.10. The summed E-state index contributed by atoms with van der Waals surface area (Å²) >= 11 is 3.23. The molecular weight excluding hydrogens is 301 g/mol. The molecule has 18 heavy (non-hydrogen) atoms.